The van der Waals surface area contributed by atoms with E-state index in [0.717, 1.165) is 12.0 Å². The van der Waals surface area contributed by atoms with E-state index in [9.17, 15) is 14.4 Å². The lowest BCUT2D eigenvalue weighted by Crippen LogP contribution is -2.22. The highest BCUT2D eigenvalue weighted by Gasteiger charge is 2.28. The monoisotopic (exact) mass is 459 g/mol. The van der Waals surface area contributed by atoms with Gasteiger partial charge in [-0.2, -0.15) is 5.10 Å². The van der Waals surface area contributed by atoms with E-state index in [2.05, 4.69) is 15.8 Å². The number of furan rings is 1. The molecule has 0 radical (unpaired) electrons. The van der Waals surface area contributed by atoms with Crippen molar-refractivity contribution in [3.8, 4) is 0 Å². The molecule has 1 aliphatic carbocycles. The first kappa shape index (κ1) is 23.0. The van der Waals surface area contributed by atoms with Gasteiger partial charge in [0.15, 0.2) is 5.76 Å². The van der Waals surface area contributed by atoms with Gasteiger partial charge < -0.3 is 14.5 Å². The van der Waals surface area contributed by atoms with Crippen molar-refractivity contribution < 1.29 is 23.5 Å². The smallest absolute Gasteiger partial charge is 0.338 e. The minimum absolute atomic E-state index is 0.198. The van der Waals surface area contributed by atoms with E-state index in [-0.39, 0.29) is 11.7 Å². The maximum Gasteiger partial charge on any atom is 0.338 e. The molecule has 0 bridgehead atoms. The fraction of sp³-hybridized carbons (Fsp3) is 0.231. The van der Waals surface area contributed by atoms with Crippen molar-refractivity contribution in [3.05, 3.63) is 88.4 Å². The maximum absolute atomic E-state index is 12.9. The molecular weight excluding hydrogens is 434 g/mol. The normalized spacial score (nSPS) is 13.8. The van der Waals surface area contributed by atoms with Crippen LogP contribution < -0.4 is 10.7 Å². The Morgan fingerprint density at radius 1 is 0.971 bits per heavy atom. The molecule has 1 heterocycles. The summed E-state index contributed by atoms with van der Waals surface area (Å²) in [6, 6.07) is 15.3. The molecule has 0 saturated carbocycles. The summed E-state index contributed by atoms with van der Waals surface area (Å²) in [4.78, 5) is 37.1. The van der Waals surface area contributed by atoms with Gasteiger partial charge in [-0.15, -0.1) is 0 Å². The molecule has 8 heteroatoms. The molecule has 2 aromatic carbocycles. The quantitative estimate of drug-likeness (QED) is 0.417. The number of anilines is 1. The average molecular weight is 460 g/mol. The molecule has 0 aliphatic heterocycles. The molecule has 1 aromatic heterocycles. The van der Waals surface area contributed by atoms with Crippen LogP contribution in [0.2, 0.25) is 0 Å². The number of nitrogens with one attached hydrogen (secondary N) is 2. The number of carbonyl (C=O) groups excluding carboxylic acids is 3. The Balaban J connectivity index is 1.50. The zero-order valence-electron chi connectivity index (χ0n) is 19.0. The summed E-state index contributed by atoms with van der Waals surface area (Å²) in [5.41, 5.74) is 6.17. The van der Waals surface area contributed by atoms with E-state index >= 15 is 0 Å². The number of benzene rings is 2. The lowest BCUT2D eigenvalue weighted by Gasteiger charge is -2.13. The molecule has 2 N–H and O–H groups in total. The number of hydrazone groups is 1. The second kappa shape index (κ2) is 10.2. The van der Waals surface area contributed by atoms with Gasteiger partial charge in [0.25, 0.3) is 11.8 Å². The third-order valence-corrected chi connectivity index (χ3v) is 5.51. The number of amides is 2. The first-order chi connectivity index (χ1) is 16.5. The topological polar surface area (TPSA) is 110 Å². The van der Waals surface area contributed by atoms with E-state index in [0.29, 0.717) is 53.3 Å². The number of aryl methyl sites for hydroxylation is 1. The van der Waals surface area contributed by atoms with Crippen LogP contribution in [0.4, 0.5) is 5.69 Å². The van der Waals surface area contributed by atoms with Gasteiger partial charge in [-0.25, -0.2) is 10.2 Å². The molecule has 2 amide bonds. The van der Waals surface area contributed by atoms with Gasteiger partial charge in [0, 0.05) is 28.8 Å². The van der Waals surface area contributed by atoms with Crippen LogP contribution in [0.15, 0.2) is 64.1 Å². The van der Waals surface area contributed by atoms with Crippen molar-refractivity contribution in [2.75, 3.05) is 11.9 Å². The summed E-state index contributed by atoms with van der Waals surface area (Å²) in [7, 11) is 0. The summed E-state index contributed by atoms with van der Waals surface area (Å²) in [5.74, 6) is -0.238. The Morgan fingerprint density at radius 3 is 2.41 bits per heavy atom. The summed E-state index contributed by atoms with van der Waals surface area (Å²) >= 11 is 0. The van der Waals surface area contributed by atoms with Crippen molar-refractivity contribution in [1.29, 1.82) is 0 Å². The Bertz CT molecular complexity index is 1240. The number of fused-ring (bicyclic) bond motifs is 1. The number of hydrogen-bond donors (Lipinski definition) is 2. The minimum Gasteiger partial charge on any atom is -0.462 e. The number of ether oxygens (including phenoxy) is 1. The largest absolute Gasteiger partial charge is 0.462 e. The molecule has 8 nitrogen and oxygen atoms in total. The average Bonchev–Trinajstić information content (AvgIpc) is 3.21. The number of esters is 1. The van der Waals surface area contributed by atoms with Crippen LogP contribution >= 0.6 is 0 Å². The van der Waals surface area contributed by atoms with Gasteiger partial charge >= 0.3 is 5.97 Å². The van der Waals surface area contributed by atoms with Crippen LogP contribution in [-0.2, 0) is 11.2 Å². The van der Waals surface area contributed by atoms with E-state index in [1.807, 2.05) is 6.07 Å². The van der Waals surface area contributed by atoms with Crippen molar-refractivity contribution >= 4 is 29.2 Å². The van der Waals surface area contributed by atoms with Gasteiger partial charge in [-0.05, 0) is 63.1 Å². The highest BCUT2D eigenvalue weighted by atomic mass is 16.5. The lowest BCUT2D eigenvalue weighted by atomic mass is 9.93. The maximum atomic E-state index is 12.9. The molecule has 174 valence electrons. The fourth-order valence-electron chi connectivity index (χ4n) is 3.86. The fourth-order valence-corrected chi connectivity index (χ4v) is 3.86. The molecule has 34 heavy (non-hydrogen) atoms. The van der Waals surface area contributed by atoms with Crippen LogP contribution in [0.1, 0.15) is 67.9 Å². The molecular formula is C26H25N3O5. The molecule has 0 spiro atoms. The summed E-state index contributed by atoms with van der Waals surface area (Å²) < 4.78 is 10.9. The van der Waals surface area contributed by atoms with Gasteiger partial charge in [-0.1, -0.05) is 18.2 Å². The predicted molar refractivity (Wildman–Crippen MR) is 127 cm³/mol. The van der Waals surface area contributed by atoms with Crippen molar-refractivity contribution in [3.63, 3.8) is 0 Å². The third-order valence-electron chi connectivity index (χ3n) is 5.51. The highest BCUT2D eigenvalue weighted by molar-refractivity contribution is 6.09. The lowest BCUT2D eigenvalue weighted by molar-refractivity contribution is 0.0526. The van der Waals surface area contributed by atoms with Crippen LogP contribution in [0, 0.1) is 6.92 Å². The predicted octanol–water partition coefficient (Wildman–Crippen LogP) is 4.49. The van der Waals surface area contributed by atoms with Gasteiger partial charge in [0.1, 0.15) is 5.76 Å². The van der Waals surface area contributed by atoms with Crippen LogP contribution in [-0.4, -0.2) is 30.1 Å². The number of carbonyl (C=O) groups is 3. The number of hydrogen-bond acceptors (Lipinski definition) is 6. The molecule has 0 saturated heterocycles. The summed E-state index contributed by atoms with van der Waals surface area (Å²) in [6.07, 6.45) is 2.15. The van der Waals surface area contributed by atoms with Crippen molar-refractivity contribution in [2.24, 2.45) is 5.10 Å². The van der Waals surface area contributed by atoms with Crippen LogP contribution in [0.5, 0.6) is 0 Å². The Labute approximate surface area is 197 Å². The molecule has 4 rings (SSSR count). The molecule has 0 fully saturated rings. The molecule has 1 aliphatic rings. The Hall–Kier alpha value is -4.20. The third kappa shape index (κ3) is 4.91. The molecule has 3 aromatic rings. The van der Waals surface area contributed by atoms with Crippen LogP contribution in [0.25, 0.3) is 0 Å². The zero-order chi connectivity index (χ0) is 24.1. The first-order valence-electron chi connectivity index (χ1n) is 11.1. The number of nitrogens with zero attached hydrogens (tertiary/aromatic N) is 1. The second-order valence-corrected chi connectivity index (χ2v) is 7.83. The van der Waals surface area contributed by atoms with E-state index in [1.54, 1.807) is 62.4 Å². The Kier molecular flexibility index (Phi) is 6.87. The van der Waals surface area contributed by atoms with E-state index in [1.165, 1.54) is 0 Å². The van der Waals surface area contributed by atoms with E-state index in [4.69, 9.17) is 9.15 Å². The Morgan fingerprint density at radius 2 is 1.71 bits per heavy atom. The summed E-state index contributed by atoms with van der Waals surface area (Å²) in [5, 5.41) is 7.14. The minimum atomic E-state index is -0.416. The second-order valence-electron chi connectivity index (χ2n) is 7.83. The van der Waals surface area contributed by atoms with Crippen molar-refractivity contribution in [2.45, 2.75) is 33.1 Å². The van der Waals surface area contributed by atoms with Gasteiger partial charge in [0.05, 0.1) is 17.9 Å². The standard InChI is InChI=1S/C26H25N3O5/c1-3-33-26(32)18-12-14-19(15-13-18)27-25(31)23-16(2)22-20(10-7-11-21(22)34-23)28-29-24(30)17-8-5-4-6-9-17/h4-6,8-9,12-15H,3,7,10-11H2,1-2H3,(H,27,31)(H,29,30)/b28-20+. The highest BCUT2D eigenvalue weighted by Crippen LogP contribution is 2.30. The van der Waals surface area contributed by atoms with E-state index < -0.39 is 11.9 Å². The molecule has 0 unspecified atom stereocenters. The van der Waals surface area contributed by atoms with Gasteiger partial charge in [-0.3, -0.25) is 9.59 Å². The first-order valence-corrected chi connectivity index (χ1v) is 11.1. The number of rotatable bonds is 6. The zero-order valence-corrected chi connectivity index (χ0v) is 19.0. The SMILES string of the molecule is CCOC(=O)c1ccc(NC(=O)c2oc3c(c2C)/C(=N/NC(=O)c2ccccc2)CCC3)cc1. The molecule has 0 atom stereocenters. The van der Waals surface area contributed by atoms with Gasteiger partial charge in [0.2, 0.25) is 0 Å². The summed E-state index contributed by atoms with van der Waals surface area (Å²) in [6.45, 7) is 3.84. The van der Waals surface area contributed by atoms with Crippen molar-refractivity contribution in [1.82, 2.24) is 5.43 Å². The van der Waals surface area contributed by atoms with Crippen LogP contribution in [0.3, 0.4) is 0 Å².